The first kappa shape index (κ1) is 22.9. The third-order valence-electron chi connectivity index (χ3n) is 4.40. The Balaban J connectivity index is 1.96. The van der Waals surface area contributed by atoms with E-state index >= 15 is 0 Å². The minimum absolute atomic E-state index is 0.0218. The van der Waals surface area contributed by atoms with Crippen LogP contribution in [0, 0.1) is 10.1 Å². The van der Waals surface area contributed by atoms with E-state index < -0.39 is 11.0 Å². The Labute approximate surface area is 176 Å². The third kappa shape index (κ3) is 6.30. The van der Waals surface area contributed by atoms with Gasteiger partial charge in [-0.1, -0.05) is 13.8 Å². The smallest absolute Gasteiger partial charge is 0.269 e. The van der Waals surface area contributed by atoms with Gasteiger partial charge in [0.1, 0.15) is 5.75 Å². The van der Waals surface area contributed by atoms with Gasteiger partial charge in [0.25, 0.3) is 17.5 Å². The van der Waals surface area contributed by atoms with Crippen molar-refractivity contribution in [2.24, 2.45) is 0 Å². The van der Waals surface area contributed by atoms with Crippen LogP contribution in [0.1, 0.15) is 44.0 Å². The summed E-state index contributed by atoms with van der Waals surface area (Å²) in [4.78, 5) is 37.0. The molecule has 0 aliphatic carbocycles. The molecule has 0 radical (unpaired) electrons. The molecule has 0 heterocycles. The van der Waals surface area contributed by atoms with E-state index in [1.807, 2.05) is 18.7 Å². The van der Waals surface area contributed by atoms with Gasteiger partial charge in [0.15, 0.2) is 6.10 Å². The number of nitrogens with zero attached hydrogens (tertiary/aromatic N) is 2. The number of amides is 2. The van der Waals surface area contributed by atoms with Crippen molar-refractivity contribution in [2.45, 2.75) is 39.7 Å². The minimum atomic E-state index is -0.808. The molecule has 2 rings (SSSR count). The summed E-state index contributed by atoms with van der Waals surface area (Å²) < 4.78 is 5.53. The summed E-state index contributed by atoms with van der Waals surface area (Å²) in [7, 11) is 0. The summed E-state index contributed by atoms with van der Waals surface area (Å²) in [5, 5.41) is 13.4. The van der Waals surface area contributed by atoms with Crippen molar-refractivity contribution in [1.82, 2.24) is 4.90 Å². The first-order chi connectivity index (χ1) is 14.3. The number of anilines is 1. The van der Waals surface area contributed by atoms with Crippen molar-refractivity contribution in [2.75, 3.05) is 18.4 Å². The van der Waals surface area contributed by atoms with Crippen LogP contribution in [0.25, 0.3) is 0 Å². The van der Waals surface area contributed by atoms with Crippen molar-refractivity contribution in [3.63, 3.8) is 0 Å². The van der Waals surface area contributed by atoms with E-state index in [2.05, 4.69) is 5.32 Å². The highest BCUT2D eigenvalue weighted by Gasteiger charge is 2.17. The lowest BCUT2D eigenvalue weighted by molar-refractivity contribution is -0.384. The molecule has 0 aromatic heterocycles. The van der Waals surface area contributed by atoms with E-state index in [0.717, 1.165) is 12.8 Å². The fourth-order valence-corrected chi connectivity index (χ4v) is 2.88. The molecule has 2 amide bonds. The molecule has 0 spiro atoms. The molecule has 0 saturated heterocycles. The number of hydrogen-bond donors (Lipinski definition) is 1. The average Bonchev–Trinajstić information content (AvgIpc) is 2.74. The molecule has 0 fully saturated rings. The molecule has 0 aliphatic rings. The van der Waals surface area contributed by atoms with Crippen LogP contribution in [0.5, 0.6) is 5.75 Å². The van der Waals surface area contributed by atoms with Crippen LogP contribution in [0.15, 0.2) is 48.5 Å². The zero-order valence-electron chi connectivity index (χ0n) is 17.5. The largest absolute Gasteiger partial charge is 0.481 e. The number of nitro groups is 1. The van der Waals surface area contributed by atoms with Gasteiger partial charge in [0, 0.05) is 36.5 Å². The highest BCUT2D eigenvalue weighted by atomic mass is 16.6. The topological polar surface area (TPSA) is 102 Å². The van der Waals surface area contributed by atoms with Gasteiger partial charge in [-0.15, -0.1) is 0 Å². The number of rotatable bonds is 10. The molecule has 8 nitrogen and oxygen atoms in total. The summed E-state index contributed by atoms with van der Waals surface area (Å²) >= 11 is 0. The molecule has 2 aromatic rings. The lowest BCUT2D eigenvalue weighted by Crippen LogP contribution is -2.32. The number of hydrogen-bond acceptors (Lipinski definition) is 5. The van der Waals surface area contributed by atoms with Crippen LogP contribution < -0.4 is 10.1 Å². The van der Waals surface area contributed by atoms with Crippen LogP contribution in [0.2, 0.25) is 0 Å². The lowest BCUT2D eigenvalue weighted by atomic mass is 10.1. The summed E-state index contributed by atoms with van der Waals surface area (Å²) in [6.45, 7) is 7.08. The molecule has 8 heteroatoms. The Bertz CT molecular complexity index is 859. The summed E-state index contributed by atoms with van der Waals surface area (Å²) in [6, 6.07) is 12.3. The molecule has 1 atom stereocenters. The van der Waals surface area contributed by atoms with E-state index in [4.69, 9.17) is 4.74 Å². The first-order valence-corrected chi connectivity index (χ1v) is 9.97. The van der Waals surface area contributed by atoms with Crippen molar-refractivity contribution in [1.29, 1.82) is 0 Å². The summed E-state index contributed by atoms with van der Waals surface area (Å²) in [6.07, 6.45) is 0.983. The van der Waals surface area contributed by atoms with Crippen LogP contribution >= 0.6 is 0 Å². The van der Waals surface area contributed by atoms with Crippen molar-refractivity contribution >= 4 is 23.2 Å². The summed E-state index contributed by atoms with van der Waals surface area (Å²) in [5.41, 5.74) is 1.07. The van der Waals surface area contributed by atoms with Gasteiger partial charge in [-0.05, 0) is 56.2 Å². The fraction of sp³-hybridized carbons (Fsp3) is 0.364. The van der Waals surface area contributed by atoms with Crippen LogP contribution in [0.4, 0.5) is 11.4 Å². The third-order valence-corrected chi connectivity index (χ3v) is 4.40. The number of carbonyl (C=O) groups is 2. The monoisotopic (exact) mass is 413 g/mol. The maximum Gasteiger partial charge on any atom is 0.269 e. The van der Waals surface area contributed by atoms with E-state index in [-0.39, 0.29) is 17.5 Å². The van der Waals surface area contributed by atoms with Gasteiger partial charge in [0.05, 0.1) is 4.92 Å². The molecule has 1 unspecified atom stereocenters. The zero-order valence-corrected chi connectivity index (χ0v) is 17.5. The van der Waals surface area contributed by atoms with Gasteiger partial charge < -0.3 is 15.0 Å². The number of non-ortho nitro benzene ring substituents is 1. The highest BCUT2D eigenvalue weighted by molar-refractivity contribution is 5.96. The molecule has 0 bridgehead atoms. The minimum Gasteiger partial charge on any atom is -0.481 e. The standard InChI is InChI=1S/C22H27N3O5/c1-4-14-24(15-5-2)22(27)17-6-8-18(9-7-17)23-21(26)16(3)30-20-12-10-19(11-13-20)25(28)29/h6-13,16H,4-5,14-15H2,1-3H3,(H,23,26). The molecule has 1 N–H and O–H groups in total. The Kier molecular flexibility index (Phi) is 8.34. The van der Waals surface area contributed by atoms with E-state index in [1.54, 1.807) is 31.2 Å². The van der Waals surface area contributed by atoms with Crippen LogP contribution in [-0.2, 0) is 4.79 Å². The van der Waals surface area contributed by atoms with E-state index in [1.165, 1.54) is 24.3 Å². The second-order valence-corrected chi connectivity index (χ2v) is 6.87. The molecule has 2 aromatic carbocycles. The first-order valence-electron chi connectivity index (χ1n) is 9.97. The molecule has 30 heavy (non-hydrogen) atoms. The maximum absolute atomic E-state index is 12.6. The zero-order chi connectivity index (χ0) is 22.1. The van der Waals surface area contributed by atoms with E-state index in [9.17, 15) is 19.7 Å². The molecule has 0 saturated carbocycles. The Morgan fingerprint density at radius 3 is 2.10 bits per heavy atom. The van der Waals surface area contributed by atoms with Gasteiger partial charge in [-0.3, -0.25) is 19.7 Å². The molecule has 160 valence electrons. The molecule has 0 aliphatic heterocycles. The summed E-state index contributed by atoms with van der Waals surface area (Å²) in [5.74, 6) is -0.0337. The Morgan fingerprint density at radius 1 is 1.03 bits per heavy atom. The fourth-order valence-electron chi connectivity index (χ4n) is 2.88. The molecular weight excluding hydrogens is 386 g/mol. The predicted molar refractivity (Wildman–Crippen MR) is 115 cm³/mol. The van der Waals surface area contributed by atoms with Gasteiger partial charge in [-0.25, -0.2) is 0 Å². The van der Waals surface area contributed by atoms with Crippen molar-refractivity contribution in [3.8, 4) is 5.75 Å². The van der Waals surface area contributed by atoms with Crippen molar-refractivity contribution < 1.29 is 19.2 Å². The van der Waals surface area contributed by atoms with Crippen molar-refractivity contribution in [3.05, 3.63) is 64.2 Å². The van der Waals surface area contributed by atoms with Gasteiger partial charge in [0.2, 0.25) is 0 Å². The Hall–Kier alpha value is -3.42. The average molecular weight is 413 g/mol. The second kappa shape index (κ2) is 10.9. The number of benzene rings is 2. The number of carbonyl (C=O) groups excluding carboxylic acids is 2. The highest BCUT2D eigenvalue weighted by Crippen LogP contribution is 2.19. The normalized spacial score (nSPS) is 11.4. The number of nitro benzene ring substituents is 1. The van der Waals surface area contributed by atoms with E-state index in [0.29, 0.717) is 30.1 Å². The van der Waals surface area contributed by atoms with Crippen LogP contribution in [-0.4, -0.2) is 40.8 Å². The lowest BCUT2D eigenvalue weighted by Gasteiger charge is -2.21. The number of nitrogens with one attached hydrogen (secondary N) is 1. The van der Waals surface area contributed by atoms with Crippen LogP contribution in [0.3, 0.4) is 0 Å². The predicted octanol–water partition coefficient (Wildman–Crippen LogP) is 4.26. The van der Waals surface area contributed by atoms with Gasteiger partial charge in [-0.2, -0.15) is 0 Å². The Morgan fingerprint density at radius 2 is 1.60 bits per heavy atom. The SMILES string of the molecule is CCCN(CCC)C(=O)c1ccc(NC(=O)C(C)Oc2ccc([N+](=O)[O-])cc2)cc1. The molecular formula is C22H27N3O5. The quantitative estimate of drug-likeness (QED) is 0.463. The van der Waals surface area contributed by atoms with Gasteiger partial charge >= 0.3 is 0 Å². The second-order valence-electron chi connectivity index (χ2n) is 6.87. The maximum atomic E-state index is 12.6. The number of ether oxygens (including phenoxy) is 1.